The first-order chi connectivity index (χ1) is 12.6. The maximum absolute atomic E-state index is 12.2. The maximum Gasteiger partial charge on any atom is 0.351 e. The van der Waals surface area contributed by atoms with Crippen LogP contribution in [0.4, 0.5) is 5.82 Å². The van der Waals surface area contributed by atoms with E-state index >= 15 is 0 Å². The molecule has 0 aliphatic carbocycles. The van der Waals surface area contributed by atoms with Gasteiger partial charge in [0.1, 0.15) is 36.3 Å². The Kier molecular flexibility index (Phi) is 6.28. The summed E-state index contributed by atoms with van der Waals surface area (Å²) >= 11 is 0. The summed E-state index contributed by atoms with van der Waals surface area (Å²) < 4.78 is 6.16. The number of hydrogen-bond donors (Lipinski definition) is 6. The second kappa shape index (κ2) is 8.10. The summed E-state index contributed by atoms with van der Waals surface area (Å²) in [6, 6.07) is 1.26. The van der Waals surface area contributed by atoms with Crippen molar-refractivity contribution >= 4 is 17.6 Å². The molecule has 150 valence electrons. The molecule has 1 aromatic heterocycles. The van der Waals surface area contributed by atoms with Crippen molar-refractivity contribution in [3.63, 3.8) is 0 Å². The number of rotatable bonds is 6. The number of amides is 2. The zero-order valence-electron chi connectivity index (χ0n) is 14.7. The lowest BCUT2D eigenvalue weighted by Gasteiger charge is -2.24. The van der Waals surface area contributed by atoms with Crippen molar-refractivity contribution in [2.45, 2.75) is 43.9 Å². The maximum atomic E-state index is 12.2. The van der Waals surface area contributed by atoms with Gasteiger partial charge in [-0.15, -0.1) is 0 Å². The van der Waals surface area contributed by atoms with Crippen LogP contribution in [-0.4, -0.2) is 78.9 Å². The van der Waals surface area contributed by atoms with Crippen molar-refractivity contribution in [3.05, 3.63) is 22.7 Å². The molecule has 4 atom stereocenters. The molecule has 1 unspecified atom stereocenters. The van der Waals surface area contributed by atoms with Gasteiger partial charge in [-0.25, -0.2) is 4.79 Å². The molecule has 2 rings (SSSR count). The Labute approximate surface area is 153 Å². The van der Waals surface area contributed by atoms with E-state index in [1.165, 1.54) is 26.1 Å². The number of carbonyl (C=O) groups excluding carboxylic acids is 2. The second-order valence-corrected chi connectivity index (χ2v) is 6.52. The molecular weight excluding hydrogens is 364 g/mol. The largest absolute Gasteiger partial charge is 0.394 e. The average Bonchev–Trinajstić information content (AvgIpc) is 2.89. The minimum absolute atomic E-state index is 0.112. The van der Waals surface area contributed by atoms with Crippen LogP contribution < -0.4 is 16.3 Å². The van der Waals surface area contributed by atoms with Crippen LogP contribution in [0.1, 0.15) is 20.1 Å². The van der Waals surface area contributed by atoms with E-state index in [9.17, 15) is 24.6 Å². The van der Waals surface area contributed by atoms with E-state index in [0.717, 1.165) is 4.57 Å². The van der Waals surface area contributed by atoms with Crippen molar-refractivity contribution in [1.82, 2.24) is 14.9 Å². The first-order valence-corrected chi connectivity index (χ1v) is 8.05. The molecule has 1 aliphatic heterocycles. The molecule has 1 saturated heterocycles. The summed E-state index contributed by atoms with van der Waals surface area (Å²) in [6.07, 6.45) is -3.92. The SMILES string of the molecule is CC(C)(NC(=O)CO)C(=O)Nc1ccn(C2O[C@H](CO)[C@@H](O)[C@@H]2O)c(=O)n1. The average molecular weight is 386 g/mol. The zero-order chi connectivity index (χ0) is 20.4. The van der Waals surface area contributed by atoms with Crippen molar-refractivity contribution in [2.75, 3.05) is 18.5 Å². The van der Waals surface area contributed by atoms with Gasteiger partial charge in [-0.3, -0.25) is 14.2 Å². The van der Waals surface area contributed by atoms with Crippen LogP contribution in [0.2, 0.25) is 0 Å². The minimum atomic E-state index is -1.45. The molecule has 1 fully saturated rings. The van der Waals surface area contributed by atoms with E-state index < -0.39 is 60.8 Å². The molecule has 12 nitrogen and oxygen atoms in total. The van der Waals surface area contributed by atoms with Crippen LogP contribution in [0.5, 0.6) is 0 Å². The highest BCUT2D eigenvalue weighted by Crippen LogP contribution is 2.28. The number of ether oxygens (including phenoxy) is 1. The molecule has 0 bridgehead atoms. The molecule has 12 heteroatoms. The summed E-state index contributed by atoms with van der Waals surface area (Å²) in [5.74, 6) is -1.54. The van der Waals surface area contributed by atoms with Crippen LogP contribution >= 0.6 is 0 Å². The lowest BCUT2D eigenvalue weighted by atomic mass is 10.0. The lowest BCUT2D eigenvalue weighted by molar-refractivity contribution is -0.131. The number of aliphatic hydroxyl groups is 4. The van der Waals surface area contributed by atoms with Gasteiger partial charge in [0.15, 0.2) is 6.23 Å². The number of aliphatic hydroxyl groups excluding tert-OH is 4. The van der Waals surface area contributed by atoms with Gasteiger partial charge in [0.05, 0.1) is 6.61 Å². The highest BCUT2D eigenvalue weighted by Gasteiger charge is 2.43. The minimum Gasteiger partial charge on any atom is -0.394 e. The Bertz CT molecular complexity index is 764. The van der Waals surface area contributed by atoms with Gasteiger partial charge in [-0.05, 0) is 19.9 Å². The van der Waals surface area contributed by atoms with Crippen molar-refractivity contribution < 1.29 is 34.8 Å². The Morgan fingerprint density at radius 3 is 2.48 bits per heavy atom. The predicted octanol–water partition coefficient (Wildman–Crippen LogP) is -3.32. The van der Waals surface area contributed by atoms with Crippen LogP contribution in [0.15, 0.2) is 17.1 Å². The molecule has 0 aromatic carbocycles. The summed E-state index contributed by atoms with van der Waals surface area (Å²) in [4.78, 5) is 39.3. The molecule has 0 saturated carbocycles. The van der Waals surface area contributed by atoms with E-state index in [4.69, 9.17) is 14.9 Å². The summed E-state index contributed by atoms with van der Waals surface area (Å²) in [5.41, 5.74) is -2.25. The molecule has 27 heavy (non-hydrogen) atoms. The Hall–Kier alpha value is -2.38. The Morgan fingerprint density at radius 2 is 1.96 bits per heavy atom. The van der Waals surface area contributed by atoms with Gasteiger partial charge in [-0.2, -0.15) is 4.98 Å². The van der Waals surface area contributed by atoms with E-state index in [2.05, 4.69) is 15.6 Å². The summed E-state index contributed by atoms with van der Waals surface area (Å²) in [7, 11) is 0. The lowest BCUT2D eigenvalue weighted by Crippen LogP contribution is -2.53. The normalized spacial score (nSPS) is 25.3. The number of carbonyl (C=O) groups is 2. The summed E-state index contributed by atoms with van der Waals surface area (Å²) in [5, 5.41) is 42.2. The van der Waals surface area contributed by atoms with Gasteiger partial charge >= 0.3 is 5.69 Å². The molecule has 1 aliphatic rings. The number of nitrogens with one attached hydrogen (secondary N) is 2. The van der Waals surface area contributed by atoms with Gasteiger partial charge < -0.3 is 35.8 Å². The van der Waals surface area contributed by atoms with E-state index in [1.807, 2.05) is 0 Å². The Morgan fingerprint density at radius 1 is 1.30 bits per heavy atom. The van der Waals surface area contributed by atoms with Crippen LogP contribution in [-0.2, 0) is 14.3 Å². The highest BCUT2D eigenvalue weighted by molar-refractivity contribution is 5.99. The fourth-order valence-electron chi connectivity index (χ4n) is 2.50. The summed E-state index contributed by atoms with van der Waals surface area (Å²) in [6.45, 7) is 1.47. The quantitative estimate of drug-likeness (QED) is 0.291. The van der Waals surface area contributed by atoms with Gasteiger partial charge in [0.25, 0.3) is 5.91 Å². The molecular formula is C15H22N4O8. The van der Waals surface area contributed by atoms with Crippen molar-refractivity contribution in [2.24, 2.45) is 0 Å². The first kappa shape index (κ1) is 20.9. The fraction of sp³-hybridized carbons (Fsp3) is 0.600. The number of anilines is 1. The van der Waals surface area contributed by atoms with Crippen LogP contribution in [0.3, 0.4) is 0 Å². The third kappa shape index (κ3) is 4.48. The molecule has 0 spiro atoms. The molecule has 0 radical (unpaired) electrons. The molecule has 1 aromatic rings. The number of nitrogens with zero attached hydrogens (tertiary/aromatic N) is 2. The standard InChI is InChI=1S/C15H22N4O8/c1-15(2,18-9(22)6-21)13(25)16-8-3-4-19(14(26)17-8)12-11(24)10(23)7(5-20)27-12/h3-4,7,10-12,20-21,23-24H,5-6H2,1-2H3,(H,18,22)(H,16,17,25,26)/t7-,10-,11+,12?/m1/s1. The smallest absolute Gasteiger partial charge is 0.351 e. The van der Waals surface area contributed by atoms with Crippen molar-refractivity contribution in [1.29, 1.82) is 0 Å². The van der Waals surface area contributed by atoms with E-state index in [-0.39, 0.29) is 5.82 Å². The third-order valence-corrected chi connectivity index (χ3v) is 4.03. The first-order valence-electron chi connectivity index (χ1n) is 8.05. The predicted molar refractivity (Wildman–Crippen MR) is 89.4 cm³/mol. The van der Waals surface area contributed by atoms with E-state index in [1.54, 1.807) is 0 Å². The topological polar surface area (TPSA) is 183 Å². The monoisotopic (exact) mass is 386 g/mol. The zero-order valence-corrected chi connectivity index (χ0v) is 14.7. The van der Waals surface area contributed by atoms with Crippen LogP contribution in [0.25, 0.3) is 0 Å². The molecule has 2 heterocycles. The van der Waals surface area contributed by atoms with Gasteiger partial charge in [0.2, 0.25) is 5.91 Å². The van der Waals surface area contributed by atoms with Gasteiger partial charge in [-0.1, -0.05) is 0 Å². The van der Waals surface area contributed by atoms with Crippen LogP contribution in [0, 0.1) is 0 Å². The number of aromatic nitrogens is 2. The highest BCUT2D eigenvalue weighted by atomic mass is 16.6. The molecule has 6 N–H and O–H groups in total. The Balaban J connectivity index is 2.14. The van der Waals surface area contributed by atoms with Gasteiger partial charge in [0, 0.05) is 6.20 Å². The van der Waals surface area contributed by atoms with E-state index in [0.29, 0.717) is 0 Å². The number of hydrogen-bond acceptors (Lipinski definition) is 9. The second-order valence-electron chi connectivity index (χ2n) is 6.52. The fourth-order valence-corrected chi connectivity index (χ4v) is 2.50. The van der Waals surface area contributed by atoms with Crippen molar-refractivity contribution in [3.8, 4) is 0 Å². The molecule has 2 amide bonds. The third-order valence-electron chi connectivity index (χ3n) is 4.03.